The SMILES string of the molecule is O=c1cc(C(F)(F)F)nc(Nc2ccc(Cl)cc2Cl)n1Cc1ccccc1. The monoisotopic (exact) mass is 413 g/mol. The maximum absolute atomic E-state index is 13.1. The van der Waals surface area contributed by atoms with Gasteiger partial charge < -0.3 is 5.32 Å². The number of aromatic nitrogens is 2. The Morgan fingerprint density at radius 3 is 2.37 bits per heavy atom. The van der Waals surface area contributed by atoms with Gasteiger partial charge in [0.1, 0.15) is 0 Å². The van der Waals surface area contributed by atoms with Crippen LogP contribution in [0.4, 0.5) is 24.8 Å². The van der Waals surface area contributed by atoms with E-state index < -0.39 is 17.4 Å². The van der Waals surface area contributed by atoms with Gasteiger partial charge >= 0.3 is 6.18 Å². The van der Waals surface area contributed by atoms with Crippen molar-refractivity contribution in [2.75, 3.05) is 5.32 Å². The number of rotatable bonds is 4. The Morgan fingerprint density at radius 1 is 1.04 bits per heavy atom. The van der Waals surface area contributed by atoms with Crippen molar-refractivity contribution in [1.29, 1.82) is 0 Å². The van der Waals surface area contributed by atoms with Crippen LogP contribution in [0.5, 0.6) is 0 Å². The second-order valence-corrected chi connectivity index (χ2v) is 6.47. The highest BCUT2D eigenvalue weighted by atomic mass is 35.5. The van der Waals surface area contributed by atoms with Crippen molar-refractivity contribution in [1.82, 2.24) is 9.55 Å². The Bertz CT molecular complexity index is 1020. The minimum atomic E-state index is -4.76. The molecule has 0 amide bonds. The fourth-order valence-electron chi connectivity index (χ4n) is 2.38. The molecule has 9 heteroatoms. The summed E-state index contributed by atoms with van der Waals surface area (Å²) in [5.74, 6) is -0.275. The average molecular weight is 414 g/mol. The van der Waals surface area contributed by atoms with Crippen molar-refractivity contribution < 1.29 is 13.2 Å². The van der Waals surface area contributed by atoms with Gasteiger partial charge in [0, 0.05) is 11.1 Å². The lowest BCUT2D eigenvalue weighted by atomic mass is 10.2. The molecule has 0 radical (unpaired) electrons. The van der Waals surface area contributed by atoms with Gasteiger partial charge in [0.2, 0.25) is 5.95 Å². The van der Waals surface area contributed by atoms with E-state index in [4.69, 9.17) is 23.2 Å². The first kappa shape index (κ1) is 19.3. The predicted molar refractivity (Wildman–Crippen MR) is 98.8 cm³/mol. The normalized spacial score (nSPS) is 11.4. The third kappa shape index (κ3) is 4.61. The van der Waals surface area contributed by atoms with Crippen molar-refractivity contribution in [2.45, 2.75) is 12.7 Å². The zero-order valence-electron chi connectivity index (χ0n) is 13.6. The highest BCUT2D eigenvalue weighted by molar-refractivity contribution is 6.36. The van der Waals surface area contributed by atoms with E-state index in [9.17, 15) is 18.0 Å². The van der Waals surface area contributed by atoms with Gasteiger partial charge in [-0.1, -0.05) is 53.5 Å². The molecule has 0 fully saturated rings. The predicted octanol–water partition coefficient (Wildman–Crippen LogP) is 5.36. The van der Waals surface area contributed by atoms with Crippen LogP contribution in [-0.4, -0.2) is 9.55 Å². The van der Waals surface area contributed by atoms with Gasteiger partial charge in [0.05, 0.1) is 17.3 Å². The summed E-state index contributed by atoms with van der Waals surface area (Å²) in [5, 5.41) is 3.25. The molecule has 1 heterocycles. The van der Waals surface area contributed by atoms with Crippen molar-refractivity contribution >= 4 is 34.8 Å². The van der Waals surface area contributed by atoms with Crippen molar-refractivity contribution in [3.8, 4) is 0 Å². The number of anilines is 2. The number of benzene rings is 2. The summed E-state index contributed by atoms with van der Waals surface area (Å²) in [5.41, 5.74) is -1.13. The Kier molecular flexibility index (Phi) is 5.43. The van der Waals surface area contributed by atoms with Gasteiger partial charge in [-0.25, -0.2) is 4.98 Å². The minimum absolute atomic E-state index is 0.0400. The van der Waals surface area contributed by atoms with Gasteiger partial charge in [-0.05, 0) is 23.8 Å². The van der Waals surface area contributed by atoms with Crippen LogP contribution in [0.25, 0.3) is 0 Å². The van der Waals surface area contributed by atoms with Crippen LogP contribution in [0.3, 0.4) is 0 Å². The van der Waals surface area contributed by atoms with Gasteiger partial charge in [-0.3, -0.25) is 9.36 Å². The van der Waals surface area contributed by atoms with E-state index in [0.29, 0.717) is 11.1 Å². The molecule has 0 aliphatic heterocycles. The lowest BCUT2D eigenvalue weighted by Crippen LogP contribution is -2.27. The molecule has 0 saturated carbocycles. The molecule has 3 rings (SSSR count). The summed E-state index contributed by atoms with van der Waals surface area (Å²) < 4.78 is 40.4. The highest BCUT2D eigenvalue weighted by Crippen LogP contribution is 2.30. The Balaban J connectivity index is 2.10. The molecule has 0 bridgehead atoms. The molecule has 3 aromatic rings. The smallest absolute Gasteiger partial charge is 0.324 e. The van der Waals surface area contributed by atoms with Crippen LogP contribution >= 0.6 is 23.2 Å². The topological polar surface area (TPSA) is 46.9 Å². The van der Waals surface area contributed by atoms with Crippen LogP contribution in [0.15, 0.2) is 59.4 Å². The summed E-state index contributed by atoms with van der Waals surface area (Å²) in [4.78, 5) is 16.0. The fourth-order valence-corrected chi connectivity index (χ4v) is 2.83. The first-order chi connectivity index (χ1) is 12.7. The first-order valence-electron chi connectivity index (χ1n) is 7.69. The maximum Gasteiger partial charge on any atom is 0.433 e. The molecule has 27 heavy (non-hydrogen) atoms. The highest BCUT2D eigenvalue weighted by Gasteiger charge is 2.34. The Labute approximate surface area is 162 Å². The Morgan fingerprint density at radius 2 is 1.74 bits per heavy atom. The second-order valence-electron chi connectivity index (χ2n) is 5.62. The molecular weight excluding hydrogens is 402 g/mol. The van der Waals surface area contributed by atoms with Crippen molar-refractivity contribution in [3.05, 3.63) is 86.3 Å². The average Bonchev–Trinajstić information content (AvgIpc) is 2.60. The van der Waals surface area contributed by atoms with Crippen LogP contribution in [-0.2, 0) is 12.7 Å². The minimum Gasteiger partial charge on any atom is -0.324 e. The first-order valence-corrected chi connectivity index (χ1v) is 8.45. The van der Waals surface area contributed by atoms with E-state index in [-0.39, 0.29) is 23.2 Å². The van der Waals surface area contributed by atoms with E-state index in [2.05, 4.69) is 10.3 Å². The third-order valence-corrected chi connectivity index (χ3v) is 4.21. The van der Waals surface area contributed by atoms with Crippen LogP contribution < -0.4 is 10.9 Å². The fraction of sp³-hybridized carbons (Fsp3) is 0.111. The molecule has 1 aromatic heterocycles. The van der Waals surface area contributed by atoms with Crippen molar-refractivity contribution in [3.63, 3.8) is 0 Å². The summed E-state index contributed by atoms with van der Waals surface area (Å²) in [6.45, 7) is 0.0400. The standard InChI is InChI=1S/C18H12Cl2F3N3O/c19-12-6-7-14(13(20)8-12)24-17-25-15(18(21,22)23)9-16(27)26(17)10-11-4-2-1-3-5-11/h1-9H,10H2,(H,24,25). The number of nitrogens with zero attached hydrogens (tertiary/aromatic N) is 2. The molecule has 0 atom stereocenters. The molecule has 1 N–H and O–H groups in total. The summed E-state index contributed by atoms with van der Waals surface area (Å²) >= 11 is 11.9. The number of alkyl halides is 3. The number of hydrogen-bond acceptors (Lipinski definition) is 3. The summed E-state index contributed by atoms with van der Waals surface area (Å²) in [6.07, 6.45) is -4.76. The zero-order valence-corrected chi connectivity index (χ0v) is 15.1. The van der Waals surface area contributed by atoms with Gasteiger partial charge in [0.15, 0.2) is 5.69 Å². The van der Waals surface area contributed by atoms with Crippen LogP contribution in [0.1, 0.15) is 11.3 Å². The second kappa shape index (κ2) is 7.62. The molecule has 4 nitrogen and oxygen atoms in total. The van der Waals surface area contributed by atoms with Gasteiger partial charge in [0.25, 0.3) is 5.56 Å². The summed E-state index contributed by atoms with van der Waals surface area (Å²) in [6, 6.07) is 13.7. The van der Waals surface area contributed by atoms with E-state index in [0.717, 1.165) is 10.1 Å². The van der Waals surface area contributed by atoms with E-state index >= 15 is 0 Å². The molecule has 0 spiro atoms. The Hall–Kier alpha value is -2.51. The molecule has 0 unspecified atom stereocenters. The van der Waals surface area contributed by atoms with Gasteiger partial charge in [-0.2, -0.15) is 13.2 Å². The third-order valence-electron chi connectivity index (χ3n) is 3.66. The number of halogens is 5. The van der Waals surface area contributed by atoms with E-state index in [1.54, 1.807) is 30.3 Å². The lowest BCUT2D eigenvalue weighted by Gasteiger charge is -2.16. The van der Waals surface area contributed by atoms with Gasteiger partial charge in [-0.15, -0.1) is 0 Å². The van der Waals surface area contributed by atoms with E-state index in [1.807, 2.05) is 0 Å². The number of nitrogens with one attached hydrogen (secondary N) is 1. The molecule has 0 saturated heterocycles. The summed E-state index contributed by atoms with van der Waals surface area (Å²) in [7, 11) is 0. The molecular formula is C18H12Cl2F3N3O. The largest absolute Gasteiger partial charge is 0.433 e. The van der Waals surface area contributed by atoms with Crippen LogP contribution in [0, 0.1) is 0 Å². The lowest BCUT2D eigenvalue weighted by molar-refractivity contribution is -0.141. The molecule has 0 aliphatic rings. The van der Waals surface area contributed by atoms with Crippen LogP contribution in [0.2, 0.25) is 10.0 Å². The maximum atomic E-state index is 13.1. The molecule has 0 aliphatic carbocycles. The molecule has 2 aromatic carbocycles. The zero-order chi connectivity index (χ0) is 19.6. The molecule has 140 valence electrons. The number of hydrogen-bond donors (Lipinski definition) is 1. The van der Waals surface area contributed by atoms with E-state index in [1.165, 1.54) is 18.2 Å². The quantitative estimate of drug-likeness (QED) is 0.625. The van der Waals surface area contributed by atoms with Crippen molar-refractivity contribution in [2.24, 2.45) is 0 Å².